The topological polar surface area (TPSA) is 49.8 Å². The van der Waals surface area contributed by atoms with E-state index in [1.54, 1.807) is 6.20 Å². The molecule has 0 saturated heterocycles. The number of halogens is 1. The van der Waals surface area contributed by atoms with E-state index in [4.69, 9.17) is 11.6 Å². The number of unbranched alkanes of at least 4 members (excludes halogenated alkanes) is 3. The third-order valence-electron chi connectivity index (χ3n) is 3.28. The van der Waals surface area contributed by atoms with Crippen molar-refractivity contribution in [2.24, 2.45) is 5.92 Å². The molecule has 0 radical (unpaired) electrons. The lowest BCUT2D eigenvalue weighted by molar-refractivity contribution is 0.523. The van der Waals surface area contributed by atoms with Gasteiger partial charge in [-0.3, -0.25) is 0 Å². The molecule has 0 aromatic carbocycles. The molecule has 21 heavy (non-hydrogen) atoms. The molecule has 1 aromatic heterocycles. The molecular weight excluding hydrogens is 284 g/mol. The largest absolute Gasteiger partial charge is 0.369 e. The van der Waals surface area contributed by atoms with E-state index in [0.717, 1.165) is 37.7 Å². The van der Waals surface area contributed by atoms with Gasteiger partial charge in [-0.1, -0.05) is 58.1 Å². The summed E-state index contributed by atoms with van der Waals surface area (Å²) in [5.41, 5.74) is 0. The Morgan fingerprint density at radius 3 is 2.57 bits per heavy atom. The summed E-state index contributed by atoms with van der Waals surface area (Å²) in [5, 5.41) is 7.06. The van der Waals surface area contributed by atoms with Crippen molar-refractivity contribution in [1.29, 1.82) is 0 Å². The molecule has 0 unspecified atom stereocenters. The van der Waals surface area contributed by atoms with Gasteiger partial charge in [0, 0.05) is 13.1 Å². The second-order valence-electron chi connectivity index (χ2n) is 5.84. The average Bonchev–Trinajstić information content (AvgIpc) is 2.46. The number of aromatic nitrogens is 2. The summed E-state index contributed by atoms with van der Waals surface area (Å²) < 4.78 is 0. The predicted octanol–water partition coefficient (Wildman–Crippen LogP) is 4.97. The molecule has 2 N–H and O–H groups in total. The Hall–Kier alpha value is -1.03. The predicted molar refractivity (Wildman–Crippen MR) is 92.2 cm³/mol. The van der Waals surface area contributed by atoms with Gasteiger partial charge in [-0.25, -0.2) is 4.98 Å². The Kier molecular flexibility index (Phi) is 9.15. The van der Waals surface area contributed by atoms with Gasteiger partial charge in [0.25, 0.3) is 0 Å². The van der Waals surface area contributed by atoms with Gasteiger partial charge in [0.1, 0.15) is 10.8 Å². The Morgan fingerprint density at radius 2 is 1.86 bits per heavy atom. The Labute approximate surface area is 134 Å². The van der Waals surface area contributed by atoms with Crippen LogP contribution in [0, 0.1) is 5.92 Å². The van der Waals surface area contributed by atoms with Gasteiger partial charge >= 0.3 is 0 Å². The number of anilines is 2. The molecule has 1 heterocycles. The lowest BCUT2D eigenvalue weighted by atomic mass is 10.0. The third-order valence-corrected chi connectivity index (χ3v) is 3.55. The molecule has 0 bridgehead atoms. The Bertz CT molecular complexity index is 396. The highest BCUT2D eigenvalue weighted by molar-refractivity contribution is 6.32. The molecule has 4 nitrogen and oxygen atoms in total. The standard InChI is InChI=1S/C16H29ClN4/c1-4-10-19-16-20-12-14(17)15(21-16)18-11-8-6-5-7-9-13(2)3/h12-13H,4-11H2,1-3H3,(H2,18,19,20,21). The van der Waals surface area contributed by atoms with Crippen molar-refractivity contribution in [2.45, 2.75) is 59.3 Å². The van der Waals surface area contributed by atoms with E-state index in [1.807, 2.05) is 0 Å². The molecule has 0 aliphatic heterocycles. The van der Waals surface area contributed by atoms with Crippen molar-refractivity contribution in [2.75, 3.05) is 23.7 Å². The molecule has 1 aromatic rings. The smallest absolute Gasteiger partial charge is 0.224 e. The van der Waals surface area contributed by atoms with Crippen LogP contribution in [-0.2, 0) is 0 Å². The van der Waals surface area contributed by atoms with Crippen molar-refractivity contribution in [3.05, 3.63) is 11.2 Å². The van der Waals surface area contributed by atoms with Crippen LogP contribution in [0.25, 0.3) is 0 Å². The molecule has 0 amide bonds. The van der Waals surface area contributed by atoms with Crippen LogP contribution in [0.5, 0.6) is 0 Å². The van der Waals surface area contributed by atoms with E-state index in [-0.39, 0.29) is 0 Å². The summed E-state index contributed by atoms with van der Waals surface area (Å²) in [6.45, 7) is 8.45. The number of rotatable bonds is 11. The van der Waals surface area contributed by atoms with Crippen LogP contribution in [0.1, 0.15) is 59.3 Å². The number of hydrogen-bond acceptors (Lipinski definition) is 4. The fourth-order valence-electron chi connectivity index (χ4n) is 2.05. The number of hydrogen-bond donors (Lipinski definition) is 2. The second-order valence-corrected chi connectivity index (χ2v) is 6.25. The first-order valence-corrected chi connectivity index (χ1v) is 8.51. The molecule has 0 aliphatic carbocycles. The van der Waals surface area contributed by atoms with Gasteiger partial charge in [-0.15, -0.1) is 0 Å². The van der Waals surface area contributed by atoms with E-state index in [2.05, 4.69) is 41.4 Å². The SMILES string of the molecule is CCCNc1ncc(Cl)c(NCCCCCCC(C)C)n1. The van der Waals surface area contributed by atoms with Gasteiger partial charge in [0.05, 0.1) is 6.20 Å². The van der Waals surface area contributed by atoms with Gasteiger partial charge in [-0.2, -0.15) is 4.98 Å². The average molecular weight is 313 g/mol. The van der Waals surface area contributed by atoms with E-state index in [1.165, 1.54) is 25.7 Å². The van der Waals surface area contributed by atoms with Crippen LogP contribution < -0.4 is 10.6 Å². The first-order chi connectivity index (χ1) is 10.1. The fourth-order valence-corrected chi connectivity index (χ4v) is 2.21. The summed E-state index contributed by atoms with van der Waals surface area (Å²) >= 11 is 6.11. The zero-order valence-electron chi connectivity index (χ0n) is 13.6. The zero-order chi connectivity index (χ0) is 15.5. The lowest BCUT2D eigenvalue weighted by Gasteiger charge is -2.10. The zero-order valence-corrected chi connectivity index (χ0v) is 14.3. The van der Waals surface area contributed by atoms with Crippen LogP contribution >= 0.6 is 11.6 Å². The molecule has 1 rings (SSSR count). The molecule has 0 saturated carbocycles. The molecule has 0 aliphatic rings. The summed E-state index contributed by atoms with van der Waals surface area (Å²) in [6, 6.07) is 0. The summed E-state index contributed by atoms with van der Waals surface area (Å²) in [4.78, 5) is 8.57. The maximum atomic E-state index is 6.11. The van der Waals surface area contributed by atoms with Crippen LogP contribution in [0.4, 0.5) is 11.8 Å². The third kappa shape index (κ3) is 8.10. The van der Waals surface area contributed by atoms with Gasteiger partial charge < -0.3 is 10.6 Å². The number of nitrogens with one attached hydrogen (secondary N) is 2. The van der Waals surface area contributed by atoms with Crippen LogP contribution in [-0.4, -0.2) is 23.1 Å². The Morgan fingerprint density at radius 1 is 1.10 bits per heavy atom. The van der Waals surface area contributed by atoms with E-state index in [9.17, 15) is 0 Å². The highest BCUT2D eigenvalue weighted by atomic mass is 35.5. The first kappa shape index (κ1) is 18.0. The van der Waals surface area contributed by atoms with Crippen molar-refractivity contribution >= 4 is 23.4 Å². The lowest BCUT2D eigenvalue weighted by Crippen LogP contribution is -2.08. The highest BCUT2D eigenvalue weighted by Gasteiger charge is 2.04. The minimum atomic E-state index is 0.580. The molecule has 120 valence electrons. The first-order valence-electron chi connectivity index (χ1n) is 8.13. The van der Waals surface area contributed by atoms with Crippen LogP contribution in [0.3, 0.4) is 0 Å². The van der Waals surface area contributed by atoms with Gasteiger partial charge in [0.15, 0.2) is 0 Å². The van der Waals surface area contributed by atoms with E-state index in [0.29, 0.717) is 11.0 Å². The summed E-state index contributed by atoms with van der Waals surface area (Å²) in [7, 11) is 0. The minimum absolute atomic E-state index is 0.580. The minimum Gasteiger partial charge on any atom is -0.369 e. The van der Waals surface area contributed by atoms with Gasteiger partial charge in [0.2, 0.25) is 5.95 Å². The van der Waals surface area contributed by atoms with Crippen molar-refractivity contribution in [1.82, 2.24) is 9.97 Å². The normalized spacial score (nSPS) is 10.9. The summed E-state index contributed by atoms with van der Waals surface area (Å²) in [6.07, 6.45) is 9.07. The van der Waals surface area contributed by atoms with E-state index >= 15 is 0 Å². The van der Waals surface area contributed by atoms with Crippen LogP contribution in [0.2, 0.25) is 5.02 Å². The van der Waals surface area contributed by atoms with Crippen molar-refractivity contribution in [3.63, 3.8) is 0 Å². The van der Waals surface area contributed by atoms with Crippen molar-refractivity contribution < 1.29 is 0 Å². The summed E-state index contributed by atoms with van der Waals surface area (Å²) in [5.74, 6) is 2.19. The monoisotopic (exact) mass is 312 g/mol. The van der Waals surface area contributed by atoms with E-state index < -0.39 is 0 Å². The van der Waals surface area contributed by atoms with Crippen molar-refractivity contribution in [3.8, 4) is 0 Å². The molecular formula is C16H29ClN4. The molecule has 0 spiro atoms. The molecule has 0 fully saturated rings. The maximum Gasteiger partial charge on any atom is 0.224 e. The highest BCUT2D eigenvalue weighted by Crippen LogP contribution is 2.19. The Balaban J connectivity index is 2.24. The fraction of sp³-hybridized carbons (Fsp3) is 0.750. The van der Waals surface area contributed by atoms with Gasteiger partial charge in [-0.05, 0) is 18.8 Å². The molecule has 0 atom stereocenters. The second kappa shape index (κ2) is 10.7. The quantitative estimate of drug-likeness (QED) is 0.566. The maximum absolute atomic E-state index is 6.11. The van der Waals surface area contributed by atoms with Crippen LogP contribution in [0.15, 0.2) is 6.20 Å². The molecule has 5 heteroatoms. The number of nitrogens with zero attached hydrogens (tertiary/aromatic N) is 2.